The number of guanidine groups is 1. The van der Waals surface area contributed by atoms with Crippen molar-refractivity contribution in [3.63, 3.8) is 0 Å². The molecule has 0 amide bonds. The molecule has 0 bridgehead atoms. The van der Waals surface area contributed by atoms with Crippen LogP contribution in [0.2, 0.25) is 0 Å². The molecule has 152 valence electrons. The van der Waals surface area contributed by atoms with Crippen LogP contribution in [0.25, 0.3) is 0 Å². The van der Waals surface area contributed by atoms with Gasteiger partial charge in [0, 0.05) is 42.7 Å². The van der Waals surface area contributed by atoms with Crippen molar-refractivity contribution >= 4 is 47.4 Å². The van der Waals surface area contributed by atoms with Crippen LogP contribution in [0.15, 0.2) is 23.2 Å². The molecular weight excluding hydrogens is 477 g/mol. The first-order chi connectivity index (χ1) is 12.7. The van der Waals surface area contributed by atoms with Crippen molar-refractivity contribution in [1.82, 2.24) is 5.32 Å². The van der Waals surface area contributed by atoms with E-state index in [9.17, 15) is 0 Å². The number of rotatable bonds is 5. The number of nitrogens with one attached hydrogen (secondary N) is 2. The first-order valence-electron chi connectivity index (χ1n) is 9.32. The zero-order chi connectivity index (χ0) is 18.2. The maximum Gasteiger partial charge on any atom is 0.195 e. The van der Waals surface area contributed by atoms with E-state index in [0.29, 0.717) is 13.2 Å². The van der Waals surface area contributed by atoms with Gasteiger partial charge >= 0.3 is 0 Å². The summed E-state index contributed by atoms with van der Waals surface area (Å²) in [5.41, 5.74) is 0.944. The zero-order valence-electron chi connectivity index (χ0n) is 16.1. The van der Waals surface area contributed by atoms with Crippen molar-refractivity contribution < 1.29 is 14.2 Å². The molecule has 1 fully saturated rings. The first kappa shape index (κ1) is 22.4. The van der Waals surface area contributed by atoms with E-state index in [2.05, 4.69) is 23.8 Å². The van der Waals surface area contributed by atoms with Gasteiger partial charge < -0.3 is 24.8 Å². The van der Waals surface area contributed by atoms with E-state index in [1.807, 2.05) is 30.0 Å². The van der Waals surface area contributed by atoms with Crippen LogP contribution in [0.4, 0.5) is 5.69 Å². The van der Waals surface area contributed by atoms with E-state index >= 15 is 0 Å². The third-order valence-corrected chi connectivity index (χ3v) is 6.12. The summed E-state index contributed by atoms with van der Waals surface area (Å²) in [6.45, 7) is 6.69. The summed E-state index contributed by atoms with van der Waals surface area (Å²) < 4.78 is 17.2. The molecule has 27 heavy (non-hydrogen) atoms. The standard InChI is InChI=1S/C19H29N3O3S.HI/c1-3-20-18(21-14-19(26-2)7-11-23-12-8-19)22-15-5-6-16-17(13-15)25-10-4-9-24-16;/h5-6,13H,3-4,7-12,14H2,1-2H3,(H2,20,21,22);1H. The van der Waals surface area contributed by atoms with E-state index in [-0.39, 0.29) is 28.7 Å². The van der Waals surface area contributed by atoms with Gasteiger partial charge in [0.2, 0.25) is 0 Å². The van der Waals surface area contributed by atoms with E-state index in [4.69, 9.17) is 19.2 Å². The lowest BCUT2D eigenvalue weighted by molar-refractivity contribution is 0.0794. The Bertz CT molecular complexity index is 624. The van der Waals surface area contributed by atoms with E-state index in [1.54, 1.807) is 0 Å². The molecule has 1 aromatic carbocycles. The van der Waals surface area contributed by atoms with Gasteiger partial charge in [0.1, 0.15) is 0 Å². The molecule has 0 radical (unpaired) electrons. The highest BCUT2D eigenvalue weighted by atomic mass is 127. The number of hydrogen-bond donors (Lipinski definition) is 2. The number of nitrogens with zero attached hydrogens (tertiary/aromatic N) is 1. The Morgan fingerprint density at radius 2 is 1.89 bits per heavy atom. The minimum absolute atomic E-state index is 0. The van der Waals surface area contributed by atoms with Gasteiger partial charge in [0.05, 0.1) is 19.8 Å². The molecule has 0 saturated carbocycles. The van der Waals surface area contributed by atoms with Gasteiger partial charge in [-0.1, -0.05) is 0 Å². The number of anilines is 1. The minimum atomic E-state index is 0. The Morgan fingerprint density at radius 1 is 1.15 bits per heavy atom. The number of benzene rings is 1. The molecule has 0 aromatic heterocycles. The fraction of sp³-hybridized carbons (Fsp3) is 0.632. The lowest BCUT2D eigenvalue weighted by Gasteiger charge is -2.34. The third kappa shape index (κ3) is 6.32. The van der Waals surface area contributed by atoms with Crippen molar-refractivity contribution in [2.45, 2.75) is 30.9 Å². The molecule has 0 atom stereocenters. The van der Waals surface area contributed by atoms with E-state index < -0.39 is 0 Å². The van der Waals surface area contributed by atoms with Gasteiger partial charge in [0.15, 0.2) is 17.5 Å². The van der Waals surface area contributed by atoms with Crippen LogP contribution in [0, 0.1) is 0 Å². The van der Waals surface area contributed by atoms with E-state index in [1.165, 1.54) is 0 Å². The van der Waals surface area contributed by atoms with Crippen LogP contribution < -0.4 is 20.1 Å². The number of ether oxygens (including phenoxy) is 3. The van der Waals surface area contributed by atoms with Crippen LogP contribution in [0.5, 0.6) is 11.5 Å². The topological polar surface area (TPSA) is 64.1 Å². The van der Waals surface area contributed by atoms with Gasteiger partial charge in [-0.25, -0.2) is 0 Å². The van der Waals surface area contributed by atoms with Crippen molar-refractivity contribution in [3.8, 4) is 11.5 Å². The Kier molecular flexibility index (Phi) is 9.31. The smallest absolute Gasteiger partial charge is 0.195 e. The number of thioether (sulfide) groups is 1. The maximum atomic E-state index is 5.78. The van der Waals surface area contributed by atoms with Crippen LogP contribution in [0.1, 0.15) is 26.2 Å². The second kappa shape index (κ2) is 11.2. The lowest BCUT2D eigenvalue weighted by Crippen LogP contribution is -2.38. The van der Waals surface area contributed by atoms with E-state index in [0.717, 1.165) is 68.7 Å². The largest absolute Gasteiger partial charge is 0.490 e. The van der Waals surface area contributed by atoms with Gasteiger partial charge in [-0.05, 0) is 38.2 Å². The molecule has 2 aliphatic rings. The van der Waals surface area contributed by atoms with Crippen molar-refractivity contribution in [2.24, 2.45) is 4.99 Å². The average molecular weight is 507 g/mol. The molecule has 8 heteroatoms. The first-order valence-corrected chi connectivity index (χ1v) is 10.5. The van der Waals surface area contributed by atoms with Gasteiger partial charge in [-0.3, -0.25) is 4.99 Å². The second-order valence-corrected chi connectivity index (χ2v) is 7.81. The Balaban J connectivity index is 0.00000261. The number of hydrogen-bond acceptors (Lipinski definition) is 5. The monoisotopic (exact) mass is 507 g/mol. The summed E-state index contributed by atoms with van der Waals surface area (Å²) in [5.74, 6) is 2.38. The summed E-state index contributed by atoms with van der Waals surface area (Å²) in [6, 6.07) is 5.93. The molecule has 2 aliphatic heterocycles. The highest BCUT2D eigenvalue weighted by Gasteiger charge is 2.31. The lowest BCUT2D eigenvalue weighted by atomic mass is 9.99. The number of aliphatic imine (C=N–C) groups is 1. The molecule has 2 heterocycles. The zero-order valence-corrected chi connectivity index (χ0v) is 19.2. The average Bonchev–Trinajstić information content (AvgIpc) is 2.92. The fourth-order valence-electron chi connectivity index (χ4n) is 3.08. The second-order valence-electron chi connectivity index (χ2n) is 6.53. The molecule has 6 nitrogen and oxygen atoms in total. The molecule has 1 saturated heterocycles. The van der Waals surface area contributed by atoms with Crippen LogP contribution in [-0.2, 0) is 4.74 Å². The van der Waals surface area contributed by atoms with Crippen molar-refractivity contribution in [3.05, 3.63) is 18.2 Å². The molecule has 3 rings (SSSR count). The predicted molar refractivity (Wildman–Crippen MR) is 123 cm³/mol. The summed E-state index contributed by atoms with van der Waals surface area (Å²) in [7, 11) is 0. The quantitative estimate of drug-likeness (QED) is 0.360. The van der Waals surface area contributed by atoms with Crippen LogP contribution >= 0.6 is 35.7 Å². The molecule has 0 aliphatic carbocycles. The third-order valence-electron chi connectivity index (χ3n) is 4.72. The Hall–Kier alpha value is -0.870. The highest BCUT2D eigenvalue weighted by molar-refractivity contribution is 14.0. The highest BCUT2D eigenvalue weighted by Crippen LogP contribution is 2.34. The predicted octanol–water partition coefficient (Wildman–Crippen LogP) is 3.76. The van der Waals surface area contributed by atoms with Crippen LogP contribution in [0.3, 0.4) is 0 Å². The minimum Gasteiger partial charge on any atom is -0.490 e. The molecule has 1 aromatic rings. The summed E-state index contributed by atoms with van der Waals surface area (Å²) in [4.78, 5) is 4.85. The Labute approximate surface area is 183 Å². The molecule has 0 unspecified atom stereocenters. The maximum absolute atomic E-state index is 5.78. The Morgan fingerprint density at radius 3 is 2.59 bits per heavy atom. The van der Waals surface area contributed by atoms with Gasteiger partial charge in [0.25, 0.3) is 0 Å². The summed E-state index contributed by atoms with van der Waals surface area (Å²) in [6.07, 6.45) is 5.16. The molecule has 2 N–H and O–H groups in total. The normalized spacial score (nSPS) is 18.8. The summed E-state index contributed by atoms with van der Waals surface area (Å²) >= 11 is 1.90. The van der Waals surface area contributed by atoms with Gasteiger partial charge in [-0.15, -0.1) is 24.0 Å². The number of fused-ring (bicyclic) bond motifs is 1. The molecular formula is C19H30IN3O3S. The fourth-order valence-corrected chi connectivity index (χ4v) is 3.85. The molecule has 0 spiro atoms. The van der Waals surface area contributed by atoms with Crippen molar-refractivity contribution in [2.75, 3.05) is 51.1 Å². The summed E-state index contributed by atoms with van der Waals surface area (Å²) in [5, 5.41) is 6.72. The van der Waals surface area contributed by atoms with Gasteiger partial charge in [-0.2, -0.15) is 11.8 Å². The van der Waals surface area contributed by atoms with Crippen LogP contribution in [-0.4, -0.2) is 56.5 Å². The SMILES string of the molecule is CCNC(=NCC1(SC)CCOCC1)Nc1ccc2c(c1)OCCCO2.I. The van der Waals surface area contributed by atoms with Crippen molar-refractivity contribution in [1.29, 1.82) is 0 Å². The number of halogens is 1.